The minimum Gasteiger partial charge on any atom is -0.355 e. The largest absolute Gasteiger partial charge is 0.416 e. The molecule has 0 saturated heterocycles. The monoisotopic (exact) mass is 344 g/mol. The molecule has 2 aromatic carbocycles. The van der Waals surface area contributed by atoms with Gasteiger partial charge in [0, 0.05) is 30.1 Å². The fourth-order valence-electron chi connectivity index (χ4n) is 2.34. The zero-order valence-electron chi connectivity index (χ0n) is 13.3. The first-order valence-corrected chi connectivity index (χ1v) is 7.45. The molecule has 0 bridgehead atoms. The molecule has 0 fully saturated rings. The second-order valence-electron chi connectivity index (χ2n) is 5.52. The molecule has 3 rings (SSSR count). The highest BCUT2D eigenvalue weighted by Gasteiger charge is 2.29. The van der Waals surface area contributed by atoms with Crippen LogP contribution >= 0.6 is 0 Å². The number of nitrogens with one attached hydrogen (secondary N) is 2. The van der Waals surface area contributed by atoms with E-state index in [4.69, 9.17) is 5.41 Å². The van der Waals surface area contributed by atoms with Crippen LogP contribution in [-0.2, 0) is 13.2 Å². The molecule has 0 aliphatic heterocycles. The Kier molecular flexibility index (Phi) is 4.31. The normalized spacial score (nSPS) is 11.4. The lowest BCUT2D eigenvalue weighted by Crippen LogP contribution is -2.16. The molecule has 4 nitrogen and oxygen atoms in total. The molecule has 128 valence electrons. The number of benzene rings is 2. The summed E-state index contributed by atoms with van der Waals surface area (Å²) in [5, 5.41) is 11.0. The van der Waals surface area contributed by atoms with Crippen molar-refractivity contribution >= 4 is 11.4 Å². The molecule has 7 heteroatoms. The average molecular weight is 344 g/mol. The van der Waals surface area contributed by atoms with Crippen LogP contribution in [0.4, 0.5) is 24.5 Å². The SMILES string of the molecule is Cn1cnc(-c2ccccc2Nc2ccc(C(F)(F)F)cc2)cc1=N. The fraction of sp³-hybridized carbons (Fsp3) is 0.111. The number of aryl methyl sites for hydroxylation is 1. The van der Waals surface area contributed by atoms with Gasteiger partial charge in [0.15, 0.2) is 0 Å². The van der Waals surface area contributed by atoms with Crippen molar-refractivity contribution in [2.24, 2.45) is 7.05 Å². The van der Waals surface area contributed by atoms with E-state index in [9.17, 15) is 13.2 Å². The number of rotatable bonds is 3. The number of nitrogens with zero attached hydrogens (tertiary/aromatic N) is 2. The summed E-state index contributed by atoms with van der Waals surface area (Å²) in [4.78, 5) is 4.31. The van der Waals surface area contributed by atoms with Gasteiger partial charge in [-0.25, -0.2) is 4.98 Å². The standard InChI is InChI=1S/C18H15F3N4/c1-25-11-23-16(10-17(25)22)14-4-2-3-5-15(14)24-13-8-6-12(7-9-13)18(19,20)21/h2-11,22,24H,1H3. The lowest BCUT2D eigenvalue weighted by Gasteiger charge is -2.13. The molecule has 0 unspecified atom stereocenters. The molecule has 0 spiro atoms. The Morgan fingerprint density at radius 2 is 1.72 bits per heavy atom. The van der Waals surface area contributed by atoms with Crippen molar-refractivity contribution < 1.29 is 13.2 Å². The van der Waals surface area contributed by atoms with Gasteiger partial charge in [-0.2, -0.15) is 13.2 Å². The molecule has 0 aliphatic carbocycles. The molecule has 0 aliphatic rings. The van der Waals surface area contributed by atoms with Crippen LogP contribution in [0, 0.1) is 5.41 Å². The Balaban J connectivity index is 1.94. The topological polar surface area (TPSA) is 53.7 Å². The number of anilines is 2. The van der Waals surface area contributed by atoms with Crippen molar-refractivity contribution in [3.05, 3.63) is 72.0 Å². The Labute approximate surface area is 142 Å². The van der Waals surface area contributed by atoms with Crippen LogP contribution in [0.25, 0.3) is 11.3 Å². The number of para-hydroxylation sites is 1. The maximum atomic E-state index is 12.7. The van der Waals surface area contributed by atoms with E-state index < -0.39 is 11.7 Å². The summed E-state index contributed by atoms with van der Waals surface area (Å²) in [7, 11) is 1.73. The van der Waals surface area contributed by atoms with Crippen molar-refractivity contribution in [1.29, 1.82) is 5.41 Å². The van der Waals surface area contributed by atoms with Gasteiger partial charge < -0.3 is 9.88 Å². The summed E-state index contributed by atoms with van der Waals surface area (Å²) in [6, 6.07) is 13.8. The Morgan fingerprint density at radius 1 is 1.04 bits per heavy atom. The van der Waals surface area contributed by atoms with Crippen LogP contribution in [0.5, 0.6) is 0 Å². The van der Waals surface area contributed by atoms with E-state index >= 15 is 0 Å². The molecule has 3 aromatic rings. The van der Waals surface area contributed by atoms with Crippen LogP contribution in [0.1, 0.15) is 5.56 Å². The highest BCUT2D eigenvalue weighted by molar-refractivity contribution is 5.78. The van der Waals surface area contributed by atoms with Gasteiger partial charge in [0.2, 0.25) is 0 Å². The summed E-state index contributed by atoms with van der Waals surface area (Å²) < 4.78 is 39.5. The molecule has 0 radical (unpaired) electrons. The van der Waals surface area contributed by atoms with Crippen LogP contribution in [0.15, 0.2) is 60.9 Å². The first-order chi connectivity index (χ1) is 11.8. The molecular formula is C18H15F3N4. The number of hydrogen-bond donors (Lipinski definition) is 2. The van der Waals surface area contributed by atoms with Crippen molar-refractivity contribution in [1.82, 2.24) is 9.55 Å². The van der Waals surface area contributed by atoms with E-state index in [1.54, 1.807) is 24.0 Å². The lowest BCUT2D eigenvalue weighted by atomic mass is 10.1. The zero-order chi connectivity index (χ0) is 18.0. The summed E-state index contributed by atoms with van der Waals surface area (Å²) in [6.45, 7) is 0. The van der Waals surface area contributed by atoms with Crippen molar-refractivity contribution in [2.45, 2.75) is 6.18 Å². The molecular weight excluding hydrogens is 329 g/mol. The Hall–Kier alpha value is -3.09. The van der Waals surface area contributed by atoms with Crippen LogP contribution < -0.4 is 10.8 Å². The van der Waals surface area contributed by atoms with Crippen molar-refractivity contribution in [3.8, 4) is 11.3 Å². The number of alkyl halides is 3. The van der Waals surface area contributed by atoms with E-state index in [0.717, 1.165) is 17.7 Å². The third kappa shape index (κ3) is 3.71. The highest BCUT2D eigenvalue weighted by Crippen LogP contribution is 2.32. The third-order valence-corrected chi connectivity index (χ3v) is 3.72. The van der Waals surface area contributed by atoms with Gasteiger partial charge in [0.05, 0.1) is 17.6 Å². The Bertz CT molecular complexity index is 944. The predicted octanol–water partition coefficient (Wildman–Crippen LogP) is 4.33. The third-order valence-electron chi connectivity index (χ3n) is 3.72. The van der Waals surface area contributed by atoms with Gasteiger partial charge in [0.25, 0.3) is 0 Å². The quantitative estimate of drug-likeness (QED) is 0.743. The van der Waals surface area contributed by atoms with Gasteiger partial charge >= 0.3 is 6.18 Å². The van der Waals surface area contributed by atoms with Crippen LogP contribution in [0.2, 0.25) is 0 Å². The van der Waals surface area contributed by atoms with E-state index in [2.05, 4.69) is 10.3 Å². The maximum absolute atomic E-state index is 12.7. The first kappa shape index (κ1) is 16.8. The molecule has 2 N–H and O–H groups in total. The lowest BCUT2D eigenvalue weighted by molar-refractivity contribution is -0.137. The van der Waals surface area contributed by atoms with Crippen molar-refractivity contribution in [2.75, 3.05) is 5.32 Å². The van der Waals surface area contributed by atoms with E-state index in [1.807, 2.05) is 24.3 Å². The zero-order valence-corrected chi connectivity index (χ0v) is 13.3. The van der Waals surface area contributed by atoms with Crippen LogP contribution in [0.3, 0.4) is 0 Å². The Morgan fingerprint density at radius 3 is 2.36 bits per heavy atom. The van der Waals surface area contributed by atoms with Gasteiger partial charge in [-0.1, -0.05) is 18.2 Å². The van der Waals surface area contributed by atoms with E-state index in [0.29, 0.717) is 22.6 Å². The smallest absolute Gasteiger partial charge is 0.355 e. The minimum atomic E-state index is -4.36. The summed E-state index contributed by atoms with van der Waals surface area (Å²) >= 11 is 0. The fourth-order valence-corrected chi connectivity index (χ4v) is 2.34. The number of aromatic nitrogens is 2. The minimum absolute atomic E-state index is 0.300. The second kappa shape index (κ2) is 6.43. The summed E-state index contributed by atoms with van der Waals surface area (Å²) in [6.07, 6.45) is -2.81. The number of hydrogen-bond acceptors (Lipinski definition) is 3. The van der Waals surface area contributed by atoms with Gasteiger partial charge in [-0.05, 0) is 30.3 Å². The molecule has 0 amide bonds. The summed E-state index contributed by atoms with van der Waals surface area (Å²) in [5.74, 6) is 0. The average Bonchev–Trinajstić information content (AvgIpc) is 2.58. The second-order valence-corrected chi connectivity index (χ2v) is 5.52. The molecule has 1 heterocycles. The van der Waals surface area contributed by atoms with Crippen LogP contribution in [-0.4, -0.2) is 9.55 Å². The highest BCUT2D eigenvalue weighted by atomic mass is 19.4. The summed E-state index contributed by atoms with van der Waals surface area (Å²) in [5.41, 5.74) is 2.21. The van der Waals surface area contributed by atoms with E-state index in [-0.39, 0.29) is 0 Å². The molecule has 0 saturated carbocycles. The molecule has 0 atom stereocenters. The maximum Gasteiger partial charge on any atom is 0.416 e. The molecule has 25 heavy (non-hydrogen) atoms. The predicted molar refractivity (Wildman–Crippen MR) is 89.2 cm³/mol. The van der Waals surface area contributed by atoms with Gasteiger partial charge in [0.1, 0.15) is 5.49 Å². The van der Waals surface area contributed by atoms with Gasteiger partial charge in [-0.3, -0.25) is 5.41 Å². The van der Waals surface area contributed by atoms with Gasteiger partial charge in [-0.15, -0.1) is 0 Å². The molecule has 1 aromatic heterocycles. The number of halogens is 3. The van der Waals surface area contributed by atoms with Crippen molar-refractivity contribution in [3.63, 3.8) is 0 Å². The first-order valence-electron chi connectivity index (χ1n) is 7.45. The van der Waals surface area contributed by atoms with E-state index in [1.165, 1.54) is 12.1 Å².